The van der Waals surface area contributed by atoms with E-state index in [2.05, 4.69) is 9.97 Å². The number of H-pyrrole nitrogens is 1. The van der Waals surface area contributed by atoms with Gasteiger partial charge in [-0.05, 0) is 67.6 Å². The molecule has 180 valence electrons. The summed E-state index contributed by atoms with van der Waals surface area (Å²) >= 11 is 6.44. The molecule has 0 radical (unpaired) electrons. The average molecular weight is 512 g/mol. The van der Waals surface area contributed by atoms with E-state index in [1.54, 1.807) is 13.0 Å². The molecule has 9 nitrogen and oxygen atoms in total. The van der Waals surface area contributed by atoms with Crippen molar-refractivity contribution < 1.29 is 13.2 Å². The van der Waals surface area contributed by atoms with Crippen molar-refractivity contribution in [1.29, 1.82) is 0 Å². The number of anilines is 1. The predicted octanol–water partition coefficient (Wildman–Crippen LogP) is 3.31. The van der Waals surface area contributed by atoms with Gasteiger partial charge in [0.1, 0.15) is 5.69 Å². The zero-order chi connectivity index (χ0) is 24.9. The van der Waals surface area contributed by atoms with Gasteiger partial charge in [0.05, 0.1) is 26.8 Å². The van der Waals surface area contributed by atoms with Crippen LogP contribution in [-0.2, 0) is 16.4 Å². The normalized spacial score (nSPS) is 14.1. The van der Waals surface area contributed by atoms with Crippen LogP contribution < -0.4 is 15.7 Å². The maximum absolute atomic E-state index is 13.8. The van der Waals surface area contributed by atoms with Gasteiger partial charge in [-0.15, -0.1) is 0 Å². The van der Waals surface area contributed by atoms with Gasteiger partial charge < -0.3 is 10.7 Å². The van der Waals surface area contributed by atoms with Crippen LogP contribution in [0.2, 0.25) is 5.02 Å². The van der Waals surface area contributed by atoms with E-state index in [4.69, 9.17) is 17.3 Å². The Bertz CT molecular complexity index is 1660. The maximum atomic E-state index is 13.8. The molecule has 0 bridgehead atoms. The Kier molecular flexibility index (Phi) is 5.65. The summed E-state index contributed by atoms with van der Waals surface area (Å²) in [5.41, 5.74) is 7.65. The standard InChI is InChI=1S/C24H22ClN5O4S/c1-14-12-18(22(26)31)27-23-21(14)28-24(32)30(23)20-13-16(9-10-17(20)25)35(33,34)29-11-5-4-7-15-6-2-3-8-19(15)29/h2-3,6,8-10,12-13H,4-5,7,11H2,1H3,(H2,26,31)(H,28,32). The van der Waals surface area contributed by atoms with Crippen LogP contribution in [0.5, 0.6) is 0 Å². The lowest BCUT2D eigenvalue weighted by atomic mass is 10.1. The molecule has 0 fully saturated rings. The van der Waals surface area contributed by atoms with E-state index in [-0.39, 0.29) is 26.9 Å². The number of nitrogens with two attached hydrogens (primary N) is 1. The minimum absolute atomic E-state index is 0.0161. The van der Waals surface area contributed by atoms with Gasteiger partial charge in [0.15, 0.2) is 5.65 Å². The fourth-order valence-corrected chi connectivity index (χ4v) is 6.20. The zero-order valence-corrected chi connectivity index (χ0v) is 20.4. The highest BCUT2D eigenvalue weighted by Gasteiger charge is 2.29. The maximum Gasteiger partial charge on any atom is 0.332 e. The second-order valence-electron chi connectivity index (χ2n) is 8.43. The highest BCUT2D eigenvalue weighted by Crippen LogP contribution is 2.33. The third-order valence-electron chi connectivity index (χ3n) is 6.16. The quantitative estimate of drug-likeness (QED) is 0.434. The number of benzene rings is 2. The van der Waals surface area contributed by atoms with Gasteiger partial charge in [-0.1, -0.05) is 29.8 Å². The van der Waals surface area contributed by atoms with Crippen LogP contribution in [-0.4, -0.2) is 35.4 Å². The molecule has 3 heterocycles. The Balaban J connectivity index is 1.70. The Morgan fingerprint density at radius 1 is 1.11 bits per heavy atom. The number of sulfonamides is 1. The van der Waals surface area contributed by atoms with E-state index in [1.807, 2.05) is 18.2 Å². The lowest BCUT2D eigenvalue weighted by Crippen LogP contribution is -2.32. The van der Waals surface area contributed by atoms with E-state index in [1.165, 1.54) is 28.6 Å². The molecule has 1 amide bonds. The van der Waals surface area contributed by atoms with E-state index >= 15 is 0 Å². The largest absolute Gasteiger partial charge is 0.364 e. The van der Waals surface area contributed by atoms with Gasteiger partial charge >= 0.3 is 5.69 Å². The van der Waals surface area contributed by atoms with Gasteiger partial charge in [0.25, 0.3) is 15.9 Å². The van der Waals surface area contributed by atoms with Crippen molar-refractivity contribution >= 4 is 44.4 Å². The number of hydrogen-bond donors (Lipinski definition) is 2. The van der Waals surface area contributed by atoms with Crippen molar-refractivity contribution in [3.8, 4) is 5.69 Å². The Hall–Kier alpha value is -3.63. The van der Waals surface area contributed by atoms with Crippen molar-refractivity contribution in [1.82, 2.24) is 14.5 Å². The minimum atomic E-state index is -3.97. The van der Waals surface area contributed by atoms with Gasteiger partial charge in [0.2, 0.25) is 0 Å². The SMILES string of the molecule is Cc1cc(C(N)=O)nc2c1[nH]c(=O)n2-c1cc(S(=O)(=O)N2CCCCc3ccccc32)ccc1Cl. The fraction of sp³-hybridized carbons (Fsp3) is 0.208. The molecule has 3 N–H and O–H groups in total. The molecule has 4 aromatic rings. The van der Waals surface area contributed by atoms with Crippen molar-refractivity contribution in [3.05, 3.63) is 80.9 Å². The fourth-order valence-electron chi connectivity index (χ4n) is 4.44. The smallest absolute Gasteiger partial charge is 0.332 e. The summed E-state index contributed by atoms with van der Waals surface area (Å²) in [5, 5.41) is 0.146. The van der Waals surface area contributed by atoms with Gasteiger partial charge in [-0.3, -0.25) is 9.10 Å². The molecule has 0 saturated heterocycles. The van der Waals surface area contributed by atoms with Crippen molar-refractivity contribution in [2.45, 2.75) is 31.1 Å². The highest BCUT2D eigenvalue weighted by atomic mass is 35.5. The summed E-state index contributed by atoms with van der Waals surface area (Å²) in [5.74, 6) is -0.752. The van der Waals surface area contributed by atoms with Crippen LogP contribution in [0.3, 0.4) is 0 Å². The summed E-state index contributed by atoms with van der Waals surface area (Å²) in [6.07, 6.45) is 2.40. The van der Waals surface area contributed by atoms with Crippen LogP contribution in [0.25, 0.3) is 16.9 Å². The number of primary amides is 1. The number of halogens is 1. The summed E-state index contributed by atoms with van der Waals surface area (Å²) in [6.45, 7) is 2.04. The second-order valence-corrected chi connectivity index (χ2v) is 10.7. The number of amides is 1. The van der Waals surface area contributed by atoms with E-state index in [9.17, 15) is 18.0 Å². The van der Waals surface area contributed by atoms with E-state index in [0.29, 0.717) is 23.3 Å². The number of nitrogens with zero attached hydrogens (tertiary/aromatic N) is 3. The molecule has 35 heavy (non-hydrogen) atoms. The predicted molar refractivity (Wildman–Crippen MR) is 134 cm³/mol. The summed E-state index contributed by atoms with van der Waals surface area (Å²) in [7, 11) is -3.97. The number of carbonyl (C=O) groups excluding carboxylic acids is 1. The number of aryl methyl sites for hydroxylation is 2. The Morgan fingerprint density at radius 3 is 2.66 bits per heavy atom. The van der Waals surface area contributed by atoms with Crippen molar-refractivity contribution in [2.75, 3.05) is 10.8 Å². The van der Waals surface area contributed by atoms with Crippen molar-refractivity contribution in [2.24, 2.45) is 5.73 Å². The number of imidazole rings is 1. The summed E-state index contributed by atoms with van der Waals surface area (Å²) in [4.78, 5) is 31.6. The van der Waals surface area contributed by atoms with Crippen LogP contribution >= 0.6 is 11.6 Å². The number of pyridine rings is 1. The summed E-state index contributed by atoms with van der Waals surface area (Å²) in [6, 6.07) is 13.1. The highest BCUT2D eigenvalue weighted by molar-refractivity contribution is 7.92. The van der Waals surface area contributed by atoms with E-state index in [0.717, 1.165) is 29.4 Å². The number of hydrogen-bond acceptors (Lipinski definition) is 5. The average Bonchev–Trinajstić information content (AvgIpc) is 3.00. The molecule has 2 aromatic carbocycles. The number of fused-ring (bicyclic) bond motifs is 2. The van der Waals surface area contributed by atoms with Gasteiger partial charge in [0, 0.05) is 6.54 Å². The second kappa shape index (κ2) is 8.54. The lowest BCUT2D eigenvalue weighted by Gasteiger charge is -2.25. The molecule has 11 heteroatoms. The number of aromatic amines is 1. The summed E-state index contributed by atoms with van der Waals surface area (Å²) < 4.78 is 30.2. The van der Waals surface area contributed by atoms with Crippen molar-refractivity contribution in [3.63, 3.8) is 0 Å². The molecular formula is C24H22ClN5O4S. The zero-order valence-electron chi connectivity index (χ0n) is 18.8. The topological polar surface area (TPSA) is 131 Å². The molecule has 0 unspecified atom stereocenters. The first-order chi connectivity index (χ1) is 16.7. The van der Waals surface area contributed by atoms with Gasteiger partial charge in [-0.25, -0.2) is 22.8 Å². The Morgan fingerprint density at radius 2 is 1.89 bits per heavy atom. The van der Waals surface area contributed by atoms with Gasteiger partial charge in [-0.2, -0.15) is 0 Å². The molecular weight excluding hydrogens is 490 g/mol. The first kappa shape index (κ1) is 23.1. The first-order valence-corrected chi connectivity index (χ1v) is 12.8. The molecule has 0 atom stereocenters. The number of para-hydroxylation sites is 1. The third-order valence-corrected chi connectivity index (χ3v) is 8.29. The number of carbonyl (C=O) groups is 1. The molecule has 1 aliphatic rings. The molecule has 5 rings (SSSR count). The van der Waals surface area contributed by atoms with Crippen LogP contribution in [0.1, 0.15) is 34.5 Å². The third kappa shape index (κ3) is 3.88. The number of rotatable bonds is 4. The molecule has 0 saturated carbocycles. The van der Waals surface area contributed by atoms with Crippen LogP contribution in [0.4, 0.5) is 5.69 Å². The monoisotopic (exact) mass is 511 g/mol. The molecule has 0 aliphatic carbocycles. The number of aromatic nitrogens is 3. The van der Waals surface area contributed by atoms with E-state index < -0.39 is 21.6 Å². The number of nitrogens with one attached hydrogen (secondary N) is 1. The van der Waals surface area contributed by atoms with Crippen LogP contribution in [0, 0.1) is 6.92 Å². The molecule has 2 aromatic heterocycles. The first-order valence-electron chi connectivity index (χ1n) is 11.0. The Labute approximate surface area is 206 Å². The lowest BCUT2D eigenvalue weighted by molar-refractivity contribution is 0.0995. The van der Waals surface area contributed by atoms with Crippen LogP contribution in [0.15, 0.2) is 58.2 Å². The molecule has 1 aliphatic heterocycles. The minimum Gasteiger partial charge on any atom is -0.364 e. The molecule has 0 spiro atoms.